The number of nitrogens with zero attached hydrogens (tertiary/aromatic N) is 4. The summed E-state index contributed by atoms with van der Waals surface area (Å²) < 4.78 is 6.57. The van der Waals surface area contributed by atoms with Crippen LogP contribution in [0.3, 0.4) is 0 Å². The molecule has 0 aliphatic rings. The predicted molar refractivity (Wildman–Crippen MR) is 230 cm³/mol. The fraction of sp³-hybridized carbons (Fsp3) is 0. The van der Waals surface area contributed by atoms with E-state index < -0.39 is 0 Å². The zero-order chi connectivity index (χ0) is 38.1. The second-order valence-corrected chi connectivity index (χ2v) is 14.0. The molecule has 0 unspecified atom stereocenters. The maximum atomic E-state index is 9.29. The van der Waals surface area contributed by atoms with Crippen LogP contribution < -0.4 is 0 Å². The lowest BCUT2D eigenvalue weighted by molar-refractivity contribution is 0.669. The largest absolute Gasteiger partial charge is 0.456 e. The van der Waals surface area contributed by atoms with Crippen molar-refractivity contribution in [3.8, 4) is 84.7 Å². The highest BCUT2D eigenvalue weighted by atomic mass is 16.3. The molecule has 5 heteroatoms. The molecule has 0 atom stereocenters. The number of benzene rings is 8. The Morgan fingerprint density at radius 3 is 1.46 bits per heavy atom. The lowest BCUT2D eigenvalue weighted by Gasteiger charge is -2.10. The van der Waals surface area contributed by atoms with Crippen LogP contribution in [0, 0.1) is 11.3 Å². The summed E-state index contributed by atoms with van der Waals surface area (Å²) in [5.74, 6) is 1.70. The van der Waals surface area contributed by atoms with Gasteiger partial charge in [-0.1, -0.05) is 152 Å². The maximum absolute atomic E-state index is 9.29. The average molecular weight is 729 g/mol. The molecule has 2 aromatic heterocycles. The number of rotatable bonds is 7. The van der Waals surface area contributed by atoms with E-state index in [4.69, 9.17) is 19.4 Å². The molecule has 0 amide bonds. The third-order valence-electron chi connectivity index (χ3n) is 10.4. The Morgan fingerprint density at radius 2 is 0.807 bits per heavy atom. The van der Waals surface area contributed by atoms with E-state index in [1.54, 1.807) is 0 Å². The molecule has 0 saturated heterocycles. The summed E-state index contributed by atoms with van der Waals surface area (Å²) in [7, 11) is 0. The van der Waals surface area contributed by atoms with Crippen molar-refractivity contribution in [2.75, 3.05) is 0 Å². The second-order valence-electron chi connectivity index (χ2n) is 14.0. The van der Waals surface area contributed by atoms with Gasteiger partial charge < -0.3 is 4.42 Å². The molecule has 0 aliphatic heterocycles. The number of hydrogen-bond acceptors (Lipinski definition) is 5. The lowest BCUT2D eigenvalue weighted by Crippen LogP contribution is -2.00. The van der Waals surface area contributed by atoms with E-state index in [1.807, 2.05) is 91.0 Å². The van der Waals surface area contributed by atoms with Crippen LogP contribution in [0.4, 0.5) is 0 Å². The first-order valence-corrected chi connectivity index (χ1v) is 18.8. The van der Waals surface area contributed by atoms with Gasteiger partial charge in [0.1, 0.15) is 11.2 Å². The number of aromatic nitrogens is 3. The number of fused-ring (bicyclic) bond motifs is 3. The molecule has 57 heavy (non-hydrogen) atoms. The molecule has 10 rings (SSSR count). The lowest BCUT2D eigenvalue weighted by atomic mass is 9.95. The molecule has 266 valence electrons. The normalized spacial score (nSPS) is 11.1. The Morgan fingerprint density at radius 1 is 0.351 bits per heavy atom. The SMILES string of the molecule is N#Cc1ccc(-c2cccc(-c3nc(-c4ccccc4)nc(-c4ccc5c(c4)oc4cccc(-c6cccc(-c7ccc(-c8ccccc8)cc7)c6)c45)n3)c2)cc1. The van der Waals surface area contributed by atoms with E-state index in [0.29, 0.717) is 23.0 Å². The van der Waals surface area contributed by atoms with Gasteiger partial charge in [0, 0.05) is 27.5 Å². The van der Waals surface area contributed by atoms with Crippen molar-refractivity contribution < 1.29 is 4.42 Å². The van der Waals surface area contributed by atoms with Gasteiger partial charge >= 0.3 is 0 Å². The smallest absolute Gasteiger partial charge is 0.164 e. The van der Waals surface area contributed by atoms with Crippen LogP contribution in [0.1, 0.15) is 5.56 Å². The van der Waals surface area contributed by atoms with Crippen LogP contribution >= 0.6 is 0 Å². The molecule has 0 saturated carbocycles. The predicted octanol–water partition coefficient (Wildman–Crippen LogP) is 13.3. The number of hydrogen-bond donors (Lipinski definition) is 0. The highest BCUT2D eigenvalue weighted by molar-refractivity contribution is 6.13. The van der Waals surface area contributed by atoms with Crippen molar-refractivity contribution in [1.29, 1.82) is 5.26 Å². The molecule has 8 aromatic carbocycles. The van der Waals surface area contributed by atoms with Gasteiger partial charge in [0.05, 0.1) is 11.6 Å². The topological polar surface area (TPSA) is 75.6 Å². The fourth-order valence-electron chi connectivity index (χ4n) is 7.48. The molecule has 2 heterocycles. The maximum Gasteiger partial charge on any atom is 0.164 e. The minimum atomic E-state index is 0.552. The highest BCUT2D eigenvalue weighted by Crippen LogP contribution is 2.39. The Balaban J connectivity index is 1.03. The zero-order valence-corrected chi connectivity index (χ0v) is 30.7. The van der Waals surface area contributed by atoms with E-state index in [0.717, 1.165) is 72.0 Å². The Labute approximate surface area is 329 Å². The summed E-state index contributed by atoms with van der Waals surface area (Å²) in [5.41, 5.74) is 13.7. The Hall–Kier alpha value is -7.94. The second kappa shape index (κ2) is 14.4. The van der Waals surface area contributed by atoms with E-state index in [2.05, 4.69) is 109 Å². The van der Waals surface area contributed by atoms with E-state index in [9.17, 15) is 5.26 Å². The molecule has 0 aliphatic carbocycles. The fourth-order valence-corrected chi connectivity index (χ4v) is 7.48. The first-order chi connectivity index (χ1) is 28.2. The van der Waals surface area contributed by atoms with E-state index in [1.165, 1.54) is 11.1 Å². The molecule has 10 aromatic rings. The summed E-state index contributed by atoms with van der Waals surface area (Å²) in [6.45, 7) is 0. The molecular weight excluding hydrogens is 697 g/mol. The first kappa shape index (κ1) is 33.6. The summed E-state index contributed by atoms with van der Waals surface area (Å²) >= 11 is 0. The van der Waals surface area contributed by atoms with Crippen LogP contribution in [0.15, 0.2) is 199 Å². The quantitative estimate of drug-likeness (QED) is 0.163. The number of nitriles is 1. The van der Waals surface area contributed by atoms with Crippen LogP contribution in [-0.2, 0) is 0 Å². The van der Waals surface area contributed by atoms with E-state index >= 15 is 0 Å². The van der Waals surface area contributed by atoms with Crippen LogP contribution in [0.5, 0.6) is 0 Å². The summed E-state index contributed by atoms with van der Waals surface area (Å²) in [6, 6.07) is 68.3. The monoisotopic (exact) mass is 728 g/mol. The van der Waals surface area contributed by atoms with Gasteiger partial charge in [0.25, 0.3) is 0 Å². The number of furan rings is 1. The van der Waals surface area contributed by atoms with Gasteiger partial charge in [-0.25, -0.2) is 15.0 Å². The minimum absolute atomic E-state index is 0.552. The summed E-state index contributed by atoms with van der Waals surface area (Å²) in [5, 5.41) is 11.4. The molecule has 0 N–H and O–H groups in total. The molecule has 0 bridgehead atoms. The minimum Gasteiger partial charge on any atom is -0.456 e. The van der Waals surface area contributed by atoms with Crippen molar-refractivity contribution in [2.45, 2.75) is 0 Å². The summed E-state index contributed by atoms with van der Waals surface area (Å²) in [4.78, 5) is 15.0. The van der Waals surface area contributed by atoms with Crippen molar-refractivity contribution in [3.05, 3.63) is 200 Å². The van der Waals surface area contributed by atoms with Gasteiger partial charge in [-0.3, -0.25) is 0 Å². The van der Waals surface area contributed by atoms with Gasteiger partial charge in [0.15, 0.2) is 17.5 Å². The molecule has 5 nitrogen and oxygen atoms in total. The first-order valence-electron chi connectivity index (χ1n) is 18.8. The van der Waals surface area contributed by atoms with Gasteiger partial charge in [0.2, 0.25) is 0 Å². The van der Waals surface area contributed by atoms with Gasteiger partial charge in [-0.05, 0) is 87.0 Å². The zero-order valence-electron chi connectivity index (χ0n) is 30.7. The Kier molecular flexibility index (Phi) is 8.48. The third-order valence-corrected chi connectivity index (χ3v) is 10.4. The highest BCUT2D eigenvalue weighted by Gasteiger charge is 2.17. The van der Waals surface area contributed by atoms with Gasteiger partial charge in [-0.15, -0.1) is 0 Å². The standard InChI is InChI=1S/C52H32N4O/c53-33-34-20-22-37(23-21-34)41-15-8-17-43(31-41)51-54-50(39-12-5-2-6-13-39)55-52(56-51)44-28-29-46-48(32-44)57-47-19-9-18-45(49(46)47)42-16-7-14-40(30-42)38-26-24-36(25-27-38)35-10-3-1-4-11-35/h1-32H. The van der Waals surface area contributed by atoms with E-state index in [-0.39, 0.29) is 0 Å². The van der Waals surface area contributed by atoms with Crippen molar-refractivity contribution in [1.82, 2.24) is 15.0 Å². The molecule has 0 radical (unpaired) electrons. The van der Waals surface area contributed by atoms with Gasteiger partial charge in [-0.2, -0.15) is 5.26 Å². The van der Waals surface area contributed by atoms with Crippen LogP contribution in [-0.4, -0.2) is 15.0 Å². The van der Waals surface area contributed by atoms with Crippen molar-refractivity contribution >= 4 is 21.9 Å². The third kappa shape index (κ3) is 6.52. The molecular formula is C52H32N4O. The van der Waals surface area contributed by atoms with Crippen LogP contribution in [0.25, 0.3) is 101 Å². The van der Waals surface area contributed by atoms with Crippen LogP contribution in [0.2, 0.25) is 0 Å². The van der Waals surface area contributed by atoms with Crippen molar-refractivity contribution in [2.24, 2.45) is 0 Å². The summed E-state index contributed by atoms with van der Waals surface area (Å²) in [6.07, 6.45) is 0. The molecule has 0 spiro atoms. The Bertz CT molecular complexity index is 3110. The van der Waals surface area contributed by atoms with Crippen molar-refractivity contribution in [3.63, 3.8) is 0 Å². The average Bonchev–Trinajstić information content (AvgIpc) is 3.68. The molecule has 0 fully saturated rings.